The monoisotopic (exact) mass is 308 g/mol. The van der Waals surface area contributed by atoms with Crippen LogP contribution in [-0.4, -0.2) is 11.7 Å². The Hall–Kier alpha value is -1.25. The first kappa shape index (κ1) is 17.1. The molecular weight excluding hydrogens is 282 g/mol. The fraction of sp³-hybridized carbons (Fsp3) is 0.632. The van der Waals surface area contributed by atoms with Gasteiger partial charge in [0.2, 0.25) is 5.78 Å². The molecule has 1 saturated carbocycles. The van der Waals surface area contributed by atoms with Gasteiger partial charge in [-0.25, -0.2) is 0 Å². The highest BCUT2D eigenvalue weighted by Gasteiger charge is 2.38. The molecule has 1 nitrogen and oxygen atoms in total. The summed E-state index contributed by atoms with van der Waals surface area (Å²) in [6, 6.07) is 6.89. The first-order valence-electron chi connectivity index (χ1n) is 8.50. The van der Waals surface area contributed by atoms with Gasteiger partial charge in [0.05, 0.1) is 0 Å². The molecule has 1 aliphatic carbocycles. The standard InChI is InChI=1S/C19H26F2O/c1-3-13-19(20,21)18(22)17-11-9-16(10-12-17)15-7-5-14(4-2)6-8-15/h9-12,14-15H,3-8,13H2,1-2H3. The quantitative estimate of drug-likeness (QED) is 0.590. The maximum absolute atomic E-state index is 13.7. The lowest BCUT2D eigenvalue weighted by Crippen LogP contribution is -2.28. The zero-order valence-corrected chi connectivity index (χ0v) is 13.6. The number of carbonyl (C=O) groups is 1. The van der Waals surface area contributed by atoms with E-state index in [-0.39, 0.29) is 12.0 Å². The van der Waals surface area contributed by atoms with Gasteiger partial charge in [-0.3, -0.25) is 4.79 Å². The average Bonchev–Trinajstić information content (AvgIpc) is 2.54. The van der Waals surface area contributed by atoms with Gasteiger partial charge in [0, 0.05) is 12.0 Å². The summed E-state index contributed by atoms with van der Waals surface area (Å²) in [5.41, 5.74) is 1.31. The van der Waals surface area contributed by atoms with Gasteiger partial charge >= 0.3 is 5.92 Å². The van der Waals surface area contributed by atoms with Crippen LogP contribution in [0.25, 0.3) is 0 Å². The third kappa shape index (κ3) is 3.93. The Kier molecular flexibility index (Phi) is 5.71. The molecule has 1 aliphatic rings. The van der Waals surface area contributed by atoms with E-state index in [0.29, 0.717) is 12.3 Å². The van der Waals surface area contributed by atoms with Gasteiger partial charge < -0.3 is 0 Å². The van der Waals surface area contributed by atoms with Crippen molar-refractivity contribution in [2.75, 3.05) is 0 Å². The fourth-order valence-electron chi connectivity index (χ4n) is 3.45. The number of rotatable bonds is 6. The summed E-state index contributed by atoms with van der Waals surface area (Å²) in [5.74, 6) is -2.93. The van der Waals surface area contributed by atoms with Crippen molar-refractivity contribution < 1.29 is 13.6 Å². The van der Waals surface area contributed by atoms with Crippen LogP contribution in [0, 0.1) is 5.92 Å². The molecule has 0 amide bonds. The molecule has 2 rings (SSSR count). The normalized spacial score (nSPS) is 22.5. The van der Waals surface area contributed by atoms with E-state index in [2.05, 4.69) is 6.92 Å². The molecule has 1 aromatic rings. The lowest BCUT2D eigenvalue weighted by molar-refractivity contribution is 0.00453. The molecule has 1 aromatic carbocycles. The molecule has 0 spiro atoms. The third-order valence-electron chi connectivity index (χ3n) is 4.96. The Morgan fingerprint density at radius 2 is 1.68 bits per heavy atom. The van der Waals surface area contributed by atoms with Crippen LogP contribution in [0.5, 0.6) is 0 Å². The molecule has 0 unspecified atom stereocenters. The van der Waals surface area contributed by atoms with Crippen molar-refractivity contribution >= 4 is 5.78 Å². The van der Waals surface area contributed by atoms with Crippen molar-refractivity contribution in [2.45, 2.75) is 70.6 Å². The first-order valence-corrected chi connectivity index (χ1v) is 8.50. The number of ketones is 1. The summed E-state index contributed by atoms with van der Waals surface area (Å²) in [6.07, 6.45) is 5.99. The largest absolute Gasteiger partial charge is 0.309 e. The van der Waals surface area contributed by atoms with Crippen molar-refractivity contribution in [3.05, 3.63) is 35.4 Å². The van der Waals surface area contributed by atoms with Crippen molar-refractivity contribution in [1.82, 2.24) is 0 Å². The zero-order valence-electron chi connectivity index (χ0n) is 13.6. The molecule has 0 aliphatic heterocycles. The second-order valence-corrected chi connectivity index (χ2v) is 6.53. The average molecular weight is 308 g/mol. The number of hydrogen-bond donors (Lipinski definition) is 0. The van der Waals surface area contributed by atoms with Crippen LogP contribution in [0.3, 0.4) is 0 Å². The maximum Gasteiger partial charge on any atom is 0.309 e. The van der Waals surface area contributed by atoms with E-state index in [4.69, 9.17) is 0 Å². The Bertz CT molecular complexity index is 485. The number of carbonyl (C=O) groups excluding carboxylic acids is 1. The number of alkyl halides is 2. The van der Waals surface area contributed by atoms with Gasteiger partial charge in [0.15, 0.2) is 0 Å². The summed E-state index contributed by atoms with van der Waals surface area (Å²) < 4.78 is 27.4. The zero-order chi connectivity index (χ0) is 16.2. The smallest absolute Gasteiger partial charge is 0.287 e. The van der Waals surface area contributed by atoms with Gasteiger partial charge in [0.1, 0.15) is 0 Å². The minimum Gasteiger partial charge on any atom is -0.287 e. The molecule has 0 atom stereocenters. The van der Waals surface area contributed by atoms with Crippen molar-refractivity contribution in [2.24, 2.45) is 5.92 Å². The first-order chi connectivity index (χ1) is 10.5. The van der Waals surface area contributed by atoms with E-state index in [1.54, 1.807) is 19.1 Å². The Morgan fingerprint density at radius 1 is 1.09 bits per heavy atom. The SMILES string of the molecule is CCCC(F)(F)C(=O)c1ccc(C2CCC(CC)CC2)cc1. The highest BCUT2D eigenvalue weighted by molar-refractivity contribution is 6.01. The van der Waals surface area contributed by atoms with Gasteiger partial charge in [0.25, 0.3) is 0 Å². The van der Waals surface area contributed by atoms with E-state index in [0.717, 1.165) is 18.8 Å². The second kappa shape index (κ2) is 7.34. The summed E-state index contributed by atoms with van der Waals surface area (Å²) >= 11 is 0. The van der Waals surface area contributed by atoms with E-state index >= 15 is 0 Å². The third-order valence-corrected chi connectivity index (χ3v) is 4.96. The molecule has 0 bridgehead atoms. The molecule has 0 aromatic heterocycles. The maximum atomic E-state index is 13.7. The van der Waals surface area contributed by atoms with Gasteiger partial charge in [-0.2, -0.15) is 8.78 Å². The van der Waals surface area contributed by atoms with Crippen LogP contribution >= 0.6 is 0 Å². The summed E-state index contributed by atoms with van der Waals surface area (Å²) in [4.78, 5) is 11.9. The van der Waals surface area contributed by atoms with Crippen LogP contribution in [0.15, 0.2) is 24.3 Å². The van der Waals surface area contributed by atoms with Crippen LogP contribution < -0.4 is 0 Å². The minimum absolute atomic E-state index is 0.129. The Balaban J connectivity index is 2.03. The fourth-order valence-corrected chi connectivity index (χ4v) is 3.45. The summed E-state index contributed by atoms with van der Waals surface area (Å²) in [5, 5.41) is 0. The number of Topliss-reactive ketones (excluding diaryl/α,β-unsaturated/α-hetero) is 1. The Labute approximate surface area is 132 Å². The van der Waals surface area contributed by atoms with E-state index in [9.17, 15) is 13.6 Å². The molecule has 3 heteroatoms. The number of halogens is 2. The van der Waals surface area contributed by atoms with E-state index in [1.165, 1.54) is 24.8 Å². The van der Waals surface area contributed by atoms with E-state index < -0.39 is 11.7 Å². The van der Waals surface area contributed by atoms with Crippen LogP contribution in [0.1, 0.15) is 80.6 Å². The second-order valence-electron chi connectivity index (χ2n) is 6.53. The molecule has 1 fully saturated rings. The van der Waals surface area contributed by atoms with E-state index in [1.807, 2.05) is 12.1 Å². The highest BCUT2D eigenvalue weighted by atomic mass is 19.3. The lowest BCUT2D eigenvalue weighted by atomic mass is 9.77. The lowest BCUT2D eigenvalue weighted by Gasteiger charge is -2.28. The molecule has 22 heavy (non-hydrogen) atoms. The number of benzene rings is 1. The minimum atomic E-state index is -3.24. The van der Waals surface area contributed by atoms with Crippen LogP contribution in [0.2, 0.25) is 0 Å². The predicted octanol–water partition coefficient (Wildman–Crippen LogP) is 5.99. The van der Waals surface area contributed by atoms with Crippen molar-refractivity contribution in [3.8, 4) is 0 Å². The summed E-state index contributed by atoms with van der Waals surface area (Å²) in [6.45, 7) is 3.90. The molecule has 0 radical (unpaired) electrons. The van der Waals surface area contributed by atoms with Crippen molar-refractivity contribution in [1.29, 1.82) is 0 Å². The number of hydrogen-bond acceptors (Lipinski definition) is 1. The molecule has 0 saturated heterocycles. The molecule has 122 valence electrons. The topological polar surface area (TPSA) is 17.1 Å². The predicted molar refractivity (Wildman–Crippen MR) is 85.6 cm³/mol. The van der Waals surface area contributed by atoms with Gasteiger partial charge in [-0.1, -0.05) is 44.5 Å². The summed E-state index contributed by atoms with van der Waals surface area (Å²) in [7, 11) is 0. The van der Waals surface area contributed by atoms with Crippen molar-refractivity contribution in [3.63, 3.8) is 0 Å². The van der Waals surface area contributed by atoms with Gasteiger partial charge in [-0.05, 0) is 49.5 Å². The highest BCUT2D eigenvalue weighted by Crippen LogP contribution is 2.37. The molecule has 0 heterocycles. The molecule has 0 N–H and O–H groups in total. The van der Waals surface area contributed by atoms with Crippen LogP contribution in [-0.2, 0) is 0 Å². The molecular formula is C19H26F2O. The van der Waals surface area contributed by atoms with Gasteiger partial charge in [-0.15, -0.1) is 0 Å². The Morgan fingerprint density at radius 3 is 2.18 bits per heavy atom. The van der Waals surface area contributed by atoms with Crippen LogP contribution in [0.4, 0.5) is 8.78 Å².